The van der Waals surface area contributed by atoms with Gasteiger partial charge in [0.1, 0.15) is 5.52 Å². The van der Waals surface area contributed by atoms with E-state index in [9.17, 15) is 4.79 Å². The number of nitrogens with zero attached hydrogens (tertiary/aromatic N) is 4. The zero-order valence-corrected chi connectivity index (χ0v) is 15.1. The number of rotatable bonds is 5. The lowest BCUT2D eigenvalue weighted by atomic mass is 10.1. The summed E-state index contributed by atoms with van der Waals surface area (Å²) in [5.41, 5.74) is 5.28. The Labute approximate surface area is 147 Å². The normalized spacial score (nSPS) is 11.2. The molecule has 1 heterocycles. The first-order chi connectivity index (χ1) is 11.9. The number of benzene rings is 2. The lowest BCUT2D eigenvalue weighted by molar-refractivity contribution is 0.102. The standard InChI is InChI=1S/C19H23N5O/c1-13-9-14(2)11-16(10-13)20-19(25)15-5-6-18-17(12-15)21-22-24(18)8-7-23(3)4/h5-6,9-12H,7-8H2,1-4H3,(H,20,25). The molecular formula is C19H23N5O. The molecule has 0 radical (unpaired) electrons. The Hall–Kier alpha value is -2.73. The van der Waals surface area contributed by atoms with Gasteiger partial charge in [-0.3, -0.25) is 4.79 Å². The van der Waals surface area contributed by atoms with Gasteiger partial charge in [-0.25, -0.2) is 4.68 Å². The summed E-state index contributed by atoms with van der Waals surface area (Å²) in [6, 6.07) is 11.5. The summed E-state index contributed by atoms with van der Waals surface area (Å²) in [6.07, 6.45) is 0. The Morgan fingerprint density at radius 2 is 1.84 bits per heavy atom. The minimum absolute atomic E-state index is 0.144. The second-order valence-electron chi connectivity index (χ2n) is 6.65. The van der Waals surface area contributed by atoms with Crippen LogP contribution >= 0.6 is 0 Å². The molecule has 0 aliphatic heterocycles. The van der Waals surface area contributed by atoms with Crippen LogP contribution in [0.25, 0.3) is 11.0 Å². The monoisotopic (exact) mass is 337 g/mol. The second kappa shape index (κ2) is 7.03. The summed E-state index contributed by atoms with van der Waals surface area (Å²) in [5, 5.41) is 11.3. The molecule has 0 aliphatic rings. The Morgan fingerprint density at radius 3 is 2.52 bits per heavy atom. The zero-order chi connectivity index (χ0) is 18.0. The number of aromatic nitrogens is 3. The maximum Gasteiger partial charge on any atom is 0.255 e. The summed E-state index contributed by atoms with van der Waals surface area (Å²) in [6.45, 7) is 5.67. The molecule has 25 heavy (non-hydrogen) atoms. The lowest BCUT2D eigenvalue weighted by Gasteiger charge is -2.09. The van der Waals surface area contributed by atoms with Gasteiger partial charge in [0.2, 0.25) is 0 Å². The Balaban J connectivity index is 1.80. The average molecular weight is 337 g/mol. The van der Waals surface area contributed by atoms with Crippen LogP contribution in [0.2, 0.25) is 0 Å². The smallest absolute Gasteiger partial charge is 0.255 e. The molecule has 0 atom stereocenters. The predicted molar refractivity (Wildman–Crippen MR) is 100.0 cm³/mol. The number of carbonyl (C=O) groups is 1. The maximum absolute atomic E-state index is 12.5. The average Bonchev–Trinajstić information content (AvgIpc) is 2.94. The van der Waals surface area contributed by atoms with E-state index in [2.05, 4.69) is 26.6 Å². The van der Waals surface area contributed by atoms with Crippen LogP contribution in [0.1, 0.15) is 21.5 Å². The van der Waals surface area contributed by atoms with E-state index in [-0.39, 0.29) is 5.91 Å². The number of carbonyl (C=O) groups excluding carboxylic acids is 1. The summed E-state index contributed by atoms with van der Waals surface area (Å²) < 4.78 is 1.86. The molecule has 0 aliphatic carbocycles. The molecule has 3 aromatic rings. The topological polar surface area (TPSA) is 63.1 Å². The van der Waals surface area contributed by atoms with Crippen molar-refractivity contribution in [2.75, 3.05) is 26.0 Å². The number of amides is 1. The molecule has 0 saturated heterocycles. The number of hydrogen-bond donors (Lipinski definition) is 1. The van der Waals surface area contributed by atoms with Gasteiger partial charge in [0.25, 0.3) is 5.91 Å². The predicted octanol–water partition coefficient (Wildman–Crippen LogP) is 2.86. The third-order valence-electron chi connectivity index (χ3n) is 4.01. The highest BCUT2D eigenvalue weighted by Crippen LogP contribution is 2.17. The Kier molecular flexibility index (Phi) is 4.81. The number of anilines is 1. The fraction of sp³-hybridized carbons (Fsp3) is 0.316. The van der Waals surface area contributed by atoms with E-state index in [1.54, 1.807) is 6.07 Å². The summed E-state index contributed by atoms with van der Waals surface area (Å²) in [5.74, 6) is -0.144. The van der Waals surface area contributed by atoms with Crippen LogP contribution in [0, 0.1) is 13.8 Å². The van der Waals surface area contributed by atoms with Crippen LogP contribution < -0.4 is 5.32 Å². The highest BCUT2D eigenvalue weighted by Gasteiger charge is 2.11. The Morgan fingerprint density at radius 1 is 1.12 bits per heavy atom. The van der Waals surface area contributed by atoms with E-state index < -0.39 is 0 Å². The molecule has 0 saturated carbocycles. The van der Waals surface area contributed by atoms with E-state index in [0.29, 0.717) is 5.56 Å². The molecule has 0 bridgehead atoms. The fourth-order valence-corrected chi connectivity index (χ4v) is 2.82. The molecule has 6 nitrogen and oxygen atoms in total. The van der Waals surface area contributed by atoms with Crippen molar-refractivity contribution in [2.45, 2.75) is 20.4 Å². The molecule has 1 aromatic heterocycles. The molecule has 2 aromatic carbocycles. The molecule has 130 valence electrons. The van der Waals surface area contributed by atoms with Crippen LogP contribution in [-0.2, 0) is 6.54 Å². The third kappa shape index (κ3) is 4.03. The number of hydrogen-bond acceptors (Lipinski definition) is 4. The van der Waals surface area contributed by atoms with Crippen LogP contribution in [-0.4, -0.2) is 46.4 Å². The second-order valence-corrected chi connectivity index (χ2v) is 6.65. The molecule has 1 amide bonds. The number of nitrogens with one attached hydrogen (secondary N) is 1. The van der Waals surface area contributed by atoms with Gasteiger partial charge in [-0.2, -0.15) is 0 Å². The lowest BCUT2D eigenvalue weighted by Crippen LogP contribution is -2.19. The highest BCUT2D eigenvalue weighted by atomic mass is 16.1. The van der Waals surface area contributed by atoms with E-state index in [1.165, 1.54) is 0 Å². The number of aryl methyl sites for hydroxylation is 2. The summed E-state index contributed by atoms with van der Waals surface area (Å²) >= 11 is 0. The van der Waals surface area contributed by atoms with Gasteiger partial charge < -0.3 is 10.2 Å². The van der Waals surface area contributed by atoms with Crippen LogP contribution in [0.3, 0.4) is 0 Å². The van der Waals surface area contributed by atoms with Gasteiger partial charge >= 0.3 is 0 Å². The van der Waals surface area contributed by atoms with Gasteiger partial charge in [0.05, 0.1) is 12.1 Å². The summed E-state index contributed by atoms with van der Waals surface area (Å²) in [4.78, 5) is 14.6. The van der Waals surface area contributed by atoms with E-state index in [1.807, 2.05) is 56.9 Å². The van der Waals surface area contributed by atoms with Gasteiger partial charge in [-0.05, 0) is 69.4 Å². The highest BCUT2D eigenvalue weighted by molar-refractivity contribution is 6.05. The molecule has 1 N–H and O–H groups in total. The third-order valence-corrected chi connectivity index (χ3v) is 4.01. The van der Waals surface area contributed by atoms with Crippen molar-refractivity contribution in [1.82, 2.24) is 19.9 Å². The molecule has 0 spiro atoms. The van der Waals surface area contributed by atoms with Crippen molar-refractivity contribution in [3.05, 3.63) is 53.1 Å². The zero-order valence-electron chi connectivity index (χ0n) is 15.1. The van der Waals surface area contributed by atoms with Gasteiger partial charge in [0, 0.05) is 17.8 Å². The quantitative estimate of drug-likeness (QED) is 0.777. The first-order valence-corrected chi connectivity index (χ1v) is 8.30. The minimum atomic E-state index is -0.144. The van der Waals surface area contributed by atoms with Crippen LogP contribution in [0.4, 0.5) is 5.69 Å². The number of fused-ring (bicyclic) bond motifs is 1. The fourth-order valence-electron chi connectivity index (χ4n) is 2.82. The maximum atomic E-state index is 12.5. The van der Waals surface area contributed by atoms with Crippen molar-refractivity contribution < 1.29 is 4.79 Å². The Bertz CT molecular complexity index is 893. The van der Waals surface area contributed by atoms with Crippen LogP contribution in [0.5, 0.6) is 0 Å². The molecule has 6 heteroatoms. The van der Waals surface area contributed by atoms with Gasteiger partial charge in [-0.1, -0.05) is 11.3 Å². The first-order valence-electron chi connectivity index (χ1n) is 8.30. The minimum Gasteiger partial charge on any atom is -0.322 e. The molecule has 0 unspecified atom stereocenters. The van der Waals surface area contributed by atoms with Crippen molar-refractivity contribution >= 4 is 22.6 Å². The largest absolute Gasteiger partial charge is 0.322 e. The van der Waals surface area contributed by atoms with E-state index in [4.69, 9.17) is 0 Å². The SMILES string of the molecule is Cc1cc(C)cc(NC(=O)c2ccc3c(c2)nnn3CCN(C)C)c1. The van der Waals surface area contributed by atoms with Crippen molar-refractivity contribution in [1.29, 1.82) is 0 Å². The van der Waals surface area contributed by atoms with Crippen molar-refractivity contribution in [3.8, 4) is 0 Å². The van der Waals surface area contributed by atoms with E-state index >= 15 is 0 Å². The summed E-state index contributed by atoms with van der Waals surface area (Å²) in [7, 11) is 4.04. The van der Waals surface area contributed by atoms with Crippen molar-refractivity contribution in [2.24, 2.45) is 0 Å². The molecule has 0 fully saturated rings. The van der Waals surface area contributed by atoms with Crippen LogP contribution in [0.15, 0.2) is 36.4 Å². The van der Waals surface area contributed by atoms with E-state index in [0.717, 1.165) is 40.9 Å². The van der Waals surface area contributed by atoms with Crippen molar-refractivity contribution in [3.63, 3.8) is 0 Å². The molecular weight excluding hydrogens is 314 g/mol. The molecule has 3 rings (SSSR count). The first kappa shape index (κ1) is 17.1. The van der Waals surface area contributed by atoms with Gasteiger partial charge in [0.15, 0.2) is 0 Å². The van der Waals surface area contributed by atoms with Gasteiger partial charge in [-0.15, -0.1) is 5.10 Å². The number of likely N-dealkylation sites (N-methyl/N-ethyl adjacent to an activating group) is 1.